The zero-order valence-corrected chi connectivity index (χ0v) is 11.8. The van der Waals surface area contributed by atoms with Crippen molar-refractivity contribution in [3.63, 3.8) is 0 Å². The van der Waals surface area contributed by atoms with Crippen LogP contribution in [0.25, 0.3) is 0 Å². The van der Waals surface area contributed by atoms with Crippen molar-refractivity contribution in [3.8, 4) is 0 Å². The molecule has 0 spiro atoms. The summed E-state index contributed by atoms with van der Waals surface area (Å²) < 4.78 is 0. The summed E-state index contributed by atoms with van der Waals surface area (Å²) in [6.07, 6.45) is 10.9. The number of carbonyl (C=O) groups excluding carboxylic acids is 1. The Hall–Kier alpha value is -0.570. The standard InChI is InChI=1S/C16H26N2O/c19-15-6-14(17-1-2-18-15)10-16-7-11-3-12(8-16)5-13(4-11)9-16/h11-14,17H,1-10H2,(H,18,19). The average molecular weight is 262 g/mol. The Morgan fingerprint density at radius 1 is 1.00 bits per heavy atom. The van der Waals surface area contributed by atoms with Crippen molar-refractivity contribution in [1.82, 2.24) is 10.6 Å². The molecule has 2 N–H and O–H groups in total. The van der Waals surface area contributed by atoms with Crippen LogP contribution in [-0.4, -0.2) is 25.0 Å². The first-order chi connectivity index (χ1) is 9.21. The molecule has 1 saturated heterocycles. The molecular formula is C16H26N2O. The highest BCUT2D eigenvalue weighted by atomic mass is 16.1. The monoisotopic (exact) mass is 262 g/mol. The minimum Gasteiger partial charge on any atom is -0.355 e. The minimum absolute atomic E-state index is 0.250. The molecule has 4 saturated carbocycles. The van der Waals surface area contributed by atoms with Gasteiger partial charge in [0.05, 0.1) is 0 Å². The third-order valence-corrected chi connectivity index (χ3v) is 6.16. The molecule has 0 aromatic heterocycles. The number of nitrogens with one attached hydrogen (secondary N) is 2. The summed E-state index contributed by atoms with van der Waals surface area (Å²) in [7, 11) is 0. The van der Waals surface area contributed by atoms with Crippen LogP contribution in [0.15, 0.2) is 0 Å². The summed E-state index contributed by atoms with van der Waals surface area (Å²) in [5.41, 5.74) is 0.594. The molecule has 0 aromatic carbocycles. The Balaban J connectivity index is 1.48. The van der Waals surface area contributed by atoms with E-state index in [0.717, 1.165) is 30.8 Å². The second kappa shape index (κ2) is 4.47. The molecule has 4 bridgehead atoms. The van der Waals surface area contributed by atoms with Gasteiger partial charge in [0.25, 0.3) is 0 Å². The molecule has 3 nitrogen and oxygen atoms in total. The van der Waals surface area contributed by atoms with Gasteiger partial charge in [0, 0.05) is 25.6 Å². The van der Waals surface area contributed by atoms with Crippen molar-refractivity contribution in [2.75, 3.05) is 13.1 Å². The van der Waals surface area contributed by atoms with E-state index in [1.54, 1.807) is 0 Å². The van der Waals surface area contributed by atoms with Crippen LogP contribution in [-0.2, 0) is 4.79 Å². The Morgan fingerprint density at radius 2 is 1.63 bits per heavy atom. The molecule has 3 heteroatoms. The van der Waals surface area contributed by atoms with Gasteiger partial charge < -0.3 is 10.6 Å². The molecule has 4 aliphatic carbocycles. The normalized spacial score (nSPS) is 48.9. The van der Waals surface area contributed by atoms with Crippen LogP contribution < -0.4 is 10.6 Å². The molecule has 0 aromatic rings. The van der Waals surface area contributed by atoms with Gasteiger partial charge in [0.15, 0.2) is 0 Å². The van der Waals surface area contributed by atoms with Gasteiger partial charge >= 0.3 is 0 Å². The molecular weight excluding hydrogens is 236 g/mol. The minimum atomic E-state index is 0.250. The van der Waals surface area contributed by atoms with Gasteiger partial charge in [-0.2, -0.15) is 0 Å². The Bertz CT molecular complexity index is 344. The molecule has 0 radical (unpaired) electrons. The maximum absolute atomic E-state index is 11.7. The molecule has 5 fully saturated rings. The predicted molar refractivity (Wildman–Crippen MR) is 74.6 cm³/mol. The van der Waals surface area contributed by atoms with Crippen molar-refractivity contribution < 1.29 is 4.79 Å². The van der Waals surface area contributed by atoms with E-state index in [1.165, 1.54) is 44.9 Å². The zero-order chi connectivity index (χ0) is 12.9. The molecule has 1 aliphatic heterocycles. The van der Waals surface area contributed by atoms with Gasteiger partial charge in [0.2, 0.25) is 5.91 Å². The lowest BCUT2D eigenvalue weighted by atomic mass is 9.48. The summed E-state index contributed by atoms with van der Waals surface area (Å²) >= 11 is 0. The highest BCUT2D eigenvalue weighted by molar-refractivity contribution is 5.76. The first-order valence-corrected chi connectivity index (χ1v) is 8.21. The van der Waals surface area contributed by atoms with E-state index in [-0.39, 0.29) is 5.91 Å². The maximum atomic E-state index is 11.7. The van der Waals surface area contributed by atoms with Crippen molar-refractivity contribution in [3.05, 3.63) is 0 Å². The highest BCUT2D eigenvalue weighted by Crippen LogP contribution is 2.61. The number of rotatable bonds is 2. The molecule has 106 valence electrons. The van der Waals surface area contributed by atoms with E-state index in [2.05, 4.69) is 10.6 Å². The molecule has 1 unspecified atom stereocenters. The van der Waals surface area contributed by atoms with E-state index in [1.807, 2.05) is 0 Å². The lowest BCUT2D eigenvalue weighted by Gasteiger charge is -2.57. The van der Waals surface area contributed by atoms with Crippen molar-refractivity contribution in [2.24, 2.45) is 23.2 Å². The van der Waals surface area contributed by atoms with Crippen molar-refractivity contribution >= 4 is 5.91 Å². The number of hydrogen-bond acceptors (Lipinski definition) is 2. The van der Waals surface area contributed by atoms with Crippen LogP contribution in [0.4, 0.5) is 0 Å². The summed E-state index contributed by atoms with van der Waals surface area (Å²) in [6.45, 7) is 1.75. The fraction of sp³-hybridized carbons (Fsp3) is 0.938. The Kier molecular flexibility index (Phi) is 2.87. The van der Waals surface area contributed by atoms with Crippen molar-refractivity contribution in [1.29, 1.82) is 0 Å². The second-order valence-corrected chi connectivity index (χ2v) is 7.83. The average Bonchev–Trinajstić information content (AvgIpc) is 2.51. The third-order valence-electron chi connectivity index (χ3n) is 6.16. The zero-order valence-electron chi connectivity index (χ0n) is 11.8. The predicted octanol–water partition coefficient (Wildman–Crippen LogP) is 2.07. The second-order valence-electron chi connectivity index (χ2n) is 7.83. The molecule has 1 amide bonds. The molecule has 5 rings (SSSR count). The van der Waals surface area contributed by atoms with Crippen LogP contribution in [0.5, 0.6) is 0 Å². The Labute approximate surface area is 115 Å². The molecule has 19 heavy (non-hydrogen) atoms. The number of amides is 1. The van der Waals surface area contributed by atoms with E-state index in [9.17, 15) is 4.79 Å². The first-order valence-electron chi connectivity index (χ1n) is 8.21. The number of carbonyl (C=O) groups is 1. The SMILES string of the molecule is O=C1CC(CC23CC4CC(CC(C4)C2)C3)NCCN1. The van der Waals surface area contributed by atoms with E-state index in [4.69, 9.17) is 0 Å². The summed E-state index contributed by atoms with van der Waals surface area (Å²) in [6, 6.07) is 0.429. The topological polar surface area (TPSA) is 41.1 Å². The summed E-state index contributed by atoms with van der Waals surface area (Å²) in [5, 5.41) is 6.58. The lowest BCUT2D eigenvalue weighted by Crippen LogP contribution is -2.49. The van der Waals surface area contributed by atoms with Crippen LogP contribution in [0.1, 0.15) is 51.4 Å². The fourth-order valence-corrected chi connectivity index (χ4v) is 6.05. The van der Waals surface area contributed by atoms with Crippen molar-refractivity contribution in [2.45, 2.75) is 57.4 Å². The van der Waals surface area contributed by atoms with Crippen LogP contribution in [0.3, 0.4) is 0 Å². The van der Waals surface area contributed by atoms with Gasteiger partial charge in [0.1, 0.15) is 0 Å². The Morgan fingerprint density at radius 3 is 2.26 bits per heavy atom. The van der Waals surface area contributed by atoms with Gasteiger partial charge in [-0.05, 0) is 68.1 Å². The number of hydrogen-bond donors (Lipinski definition) is 2. The van der Waals surface area contributed by atoms with Gasteiger partial charge in [-0.15, -0.1) is 0 Å². The van der Waals surface area contributed by atoms with Gasteiger partial charge in [-0.1, -0.05) is 0 Å². The largest absolute Gasteiger partial charge is 0.355 e. The quantitative estimate of drug-likeness (QED) is 0.800. The fourth-order valence-electron chi connectivity index (χ4n) is 6.05. The van der Waals surface area contributed by atoms with Crippen LogP contribution in [0, 0.1) is 23.2 Å². The summed E-state index contributed by atoms with van der Waals surface area (Å²) in [4.78, 5) is 11.7. The third kappa shape index (κ3) is 2.31. The smallest absolute Gasteiger partial charge is 0.221 e. The highest BCUT2D eigenvalue weighted by Gasteiger charge is 2.51. The first kappa shape index (κ1) is 12.2. The molecule has 1 heterocycles. The van der Waals surface area contributed by atoms with Gasteiger partial charge in [-0.25, -0.2) is 0 Å². The van der Waals surface area contributed by atoms with E-state index < -0.39 is 0 Å². The lowest BCUT2D eigenvalue weighted by molar-refractivity contribution is -0.121. The van der Waals surface area contributed by atoms with Gasteiger partial charge in [-0.3, -0.25) is 4.79 Å². The molecule has 5 aliphatic rings. The van der Waals surface area contributed by atoms with E-state index in [0.29, 0.717) is 17.9 Å². The maximum Gasteiger partial charge on any atom is 0.221 e. The van der Waals surface area contributed by atoms with Crippen LogP contribution in [0.2, 0.25) is 0 Å². The summed E-state index contributed by atoms with van der Waals surface area (Å²) in [5.74, 6) is 3.31. The van der Waals surface area contributed by atoms with E-state index >= 15 is 0 Å². The van der Waals surface area contributed by atoms with Crippen LogP contribution >= 0.6 is 0 Å². The molecule has 1 atom stereocenters.